The number of nitrogens with one attached hydrogen (secondary N) is 2. The molecule has 0 saturated heterocycles. The van der Waals surface area contributed by atoms with Gasteiger partial charge in [-0.3, -0.25) is 9.59 Å². The van der Waals surface area contributed by atoms with Gasteiger partial charge in [-0.25, -0.2) is 4.39 Å². The van der Waals surface area contributed by atoms with Gasteiger partial charge < -0.3 is 10.6 Å². The molecule has 1 spiro atoms. The van der Waals surface area contributed by atoms with Crippen LogP contribution in [0.1, 0.15) is 36.0 Å². The molecule has 4 nitrogen and oxygen atoms in total. The topological polar surface area (TPSA) is 58.2 Å². The van der Waals surface area contributed by atoms with Crippen LogP contribution in [0.3, 0.4) is 0 Å². The van der Waals surface area contributed by atoms with Crippen molar-refractivity contribution < 1.29 is 14.0 Å². The van der Waals surface area contributed by atoms with Crippen LogP contribution in [-0.4, -0.2) is 24.9 Å². The summed E-state index contributed by atoms with van der Waals surface area (Å²) in [4.78, 5) is 23.9. The lowest BCUT2D eigenvalue weighted by Gasteiger charge is -2.20. The minimum atomic E-state index is -0.553. The molecule has 3 atom stereocenters. The fourth-order valence-corrected chi connectivity index (χ4v) is 4.72. The summed E-state index contributed by atoms with van der Waals surface area (Å²) >= 11 is 0. The second-order valence-electron chi connectivity index (χ2n) is 7.54. The monoisotopic (exact) mass is 342 g/mol. The third kappa shape index (κ3) is 2.96. The van der Waals surface area contributed by atoms with Crippen LogP contribution in [0.15, 0.2) is 36.4 Å². The van der Waals surface area contributed by atoms with Crippen LogP contribution in [0, 0.1) is 29.0 Å². The first-order chi connectivity index (χ1) is 12.1. The molecule has 2 N–H and O–H groups in total. The van der Waals surface area contributed by atoms with Crippen LogP contribution < -0.4 is 10.6 Å². The number of carbonyl (C=O) groups excluding carboxylic acids is 2. The Morgan fingerprint density at radius 1 is 1.16 bits per heavy atom. The van der Waals surface area contributed by atoms with Gasteiger partial charge >= 0.3 is 0 Å². The standard InChI is InChI=1S/C20H23FN2O2/c21-17-4-2-1-3-15(17)19(25)22-10-7-18(24)23-12-13-11-14-5-6-16(13)20(14)8-9-20/h1-6,13-14,16H,7-12H2,(H,22,25)(H,23,24)/t13-,14-,16-/m1/s1. The summed E-state index contributed by atoms with van der Waals surface area (Å²) in [5.74, 6) is 0.806. The Bertz CT molecular complexity index is 726. The molecule has 0 radical (unpaired) electrons. The Morgan fingerprint density at radius 2 is 1.96 bits per heavy atom. The van der Waals surface area contributed by atoms with E-state index in [0.717, 1.165) is 5.92 Å². The molecule has 132 valence electrons. The number of allylic oxidation sites excluding steroid dienone is 2. The minimum absolute atomic E-state index is 0.00593. The molecule has 4 rings (SSSR count). The number of amides is 2. The first-order valence-electron chi connectivity index (χ1n) is 9.08. The van der Waals surface area contributed by atoms with Crippen LogP contribution >= 0.6 is 0 Å². The van der Waals surface area contributed by atoms with Crippen molar-refractivity contribution in [2.45, 2.75) is 25.7 Å². The lowest BCUT2D eigenvalue weighted by atomic mass is 9.89. The molecule has 0 aliphatic heterocycles. The van der Waals surface area contributed by atoms with Crippen molar-refractivity contribution in [1.82, 2.24) is 10.6 Å². The van der Waals surface area contributed by atoms with Gasteiger partial charge in [-0.15, -0.1) is 0 Å². The second kappa shape index (κ2) is 6.28. The van der Waals surface area contributed by atoms with E-state index in [-0.39, 0.29) is 24.4 Å². The Kier molecular flexibility index (Phi) is 4.10. The average molecular weight is 342 g/mol. The lowest BCUT2D eigenvalue weighted by Crippen LogP contribution is -2.34. The van der Waals surface area contributed by atoms with E-state index in [2.05, 4.69) is 22.8 Å². The molecule has 2 bridgehead atoms. The normalized spacial score (nSPS) is 27.5. The van der Waals surface area contributed by atoms with Gasteiger partial charge in [0.2, 0.25) is 5.91 Å². The van der Waals surface area contributed by atoms with E-state index in [4.69, 9.17) is 0 Å². The van der Waals surface area contributed by atoms with Crippen molar-refractivity contribution >= 4 is 11.8 Å². The third-order valence-corrected chi connectivity index (χ3v) is 6.16. The first kappa shape index (κ1) is 16.3. The van der Waals surface area contributed by atoms with Crippen molar-refractivity contribution in [1.29, 1.82) is 0 Å². The molecule has 3 aliphatic rings. The second-order valence-corrected chi connectivity index (χ2v) is 7.54. The van der Waals surface area contributed by atoms with E-state index in [1.54, 1.807) is 6.07 Å². The van der Waals surface area contributed by atoms with Crippen LogP contribution in [0.4, 0.5) is 4.39 Å². The number of rotatable bonds is 6. The molecule has 25 heavy (non-hydrogen) atoms. The van der Waals surface area contributed by atoms with Gasteiger partial charge in [0.15, 0.2) is 0 Å². The summed E-state index contributed by atoms with van der Waals surface area (Å²) in [5.41, 5.74) is 0.551. The summed E-state index contributed by atoms with van der Waals surface area (Å²) in [6, 6.07) is 5.83. The smallest absolute Gasteiger partial charge is 0.254 e. The van der Waals surface area contributed by atoms with Crippen molar-refractivity contribution in [2.75, 3.05) is 13.1 Å². The molecule has 5 heteroatoms. The summed E-state index contributed by atoms with van der Waals surface area (Å²) in [5, 5.41) is 5.60. The Hall–Kier alpha value is -2.17. The highest BCUT2D eigenvalue weighted by molar-refractivity contribution is 5.94. The van der Waals surface area contributed by atoms with Gasteiger partial charge in [0, 0.05) is 19.5 Å². The molecule has 3 aliphatic carbocycles. The molecule has 1 aromatic carbocycles. The van der Waals surface area contributed by atoms with E-state index >= 15 is 0 Å². The van der Waals surface area contributed by atoms with Gasteiger partial charge in [-0.2, -0.15) is 0 Å². The zero-order valence-electron chi connectivity index (χ0n) is 14.1. The van der Waals surface area contributed by atoms with Crippen molar-refractivity contribution in [3.63, 3.8) is 0 Å². The van der Waals surface area contributed by atoms with Crippen molar-refractivity contribution in [2.24, 2.45) is 23.2 Å². The quantitative estimate of drug-likeness (QED) is 0.781. The van der Waals surface area contributed by atoms with Crippen molar-refractivity contribution in [3.8, 4) is 0 Å². The van der Waals surface area contributed by atoms with E-state index in [1.807, 2.05) is 0 Å². The zero-order valence-corrected chi connectivity index (χ0v) is 14.1. The SMILES string of the molecule is O=C(CCNC(=O)c1ccccc1F)NC[C@H]1C[C@H]2C=C[C@H]1C21CC1. The molecule has 0 heterocycles. The number of benzene rings is 1. The molecular formula is C20H23FN2O2. The molecule has 2 amide bonds. The van der Waals surface area contributed by atoms with Gasteiger partial charge in [0.25, 0.3) is 5.91 Å². The number of carbonyl (C=O) groups is 2. The lowest BCUT2D eigenvalue weighted by molar-refractivity contribution is -0.121. The minimum Gasteiger partial charge on any atom is -0.356 e. The van der Waals surface area contributed by atoms with Crippen LogP contribution in [0.2, 0.25) is 0 Å². The highest BCUT2D eigenvalue weighted by Crippen LogP contribution is 2.69. The van der Waals surface area contributed by atoms with E-state index in [9.17, 15) is 14.0 Å². The number of halogens is 1. The zero-order chi connectivity index (χ0) is 17.4. The summed E-state index contributed by atoms with van der Waals surface area (Å²) in [7, 11) is 0. The Morgan fingerprint density at radius 3 is 2.68 bits per heavy atom. The summed E-state index contributed by atoms with van der Waals surface area (Å²) in [6.07, 6.45) is 8.79. The van der Waals surface area contributed by atoms with Crippen LogP contribution in [0.5, 0.6) is 0 Å². The summed E-state index contributed by atoms with van der Waals surface area (Å²) in [6.45, 7) is 0.924. The maximum atomic E-state index is 13.5. The maximum absolute atomic E-state index is 13.5. The average Bonchev–Trinajstić information content (AvgIpc) is 3.27. The molecule has 1 aromatic rings. The van der Waals surface area contributed by atoms with Gasteiger partial charge in [0.1, 0.15) is 5.82 Å². The van der Waals surface area contributed by atoms with Gasteiger partial charge in [-0.1, -0.05) is 24.3 Å². The predicted octanol–water partition coefficient (Wildman–Crippen LogP) is 2.66. The fourth-order valence-electron chi connectivity index (χ4n) is 4.72. The molecule has 2 saturated carbocycles. The number of hydrogen-bond acceptors (Lipinski definition) is 2. The maximum Gasteiger partial charge on any atom is 0.254 e. The highest BCUT2D eigenvalue weighted by Gasteiger charge is 2.62. The van der Waals surface area contributed by atoms with Gasteiger partial charge in [-0.05, 0) is 54.6 Å². The number of hydrogen-bond donors (Lipinski definition) is 2. The highest BCUT2D eigenvalue weighted by atomic mass is 19.1. The van der Waals surface area contributed by atoms with Crippen LogP contribution in [-0.2, 0) is 4.79 Å². The molecule has 2 fully saturated rings. The Balaban J connectivity index is 1.18. The third-order valence-electron chi connectivity index (χ3n) is 6.16. The van der Waals surface area contributed by atoms with Gasteiger partial charge in [0.05, 0.1) is 5.56 Å². The Labute approximate surface area is 146 Å². The van der Waals surface area contributed by atoms with Crippen LogP contribution in [0.25, 0.3) is 0 Å². The fraction of sp³-hybridized carbons (Fsp3) is 0.500. The van der Waals surface area contributed by atoms with E-state index < -0.39 is 11.7 Å². The molecule has 0 aromatic heterocycles. The van der Waals surface area contributed by atoms with E-state index in [1.165, 1.54) is 37.5 Å². The van der Waals surface area contributed by atoms with E-state index in [0.29, 0.717) is 23.8 Å². The molecular weight excluding hydrogens is 319 g/mol. The largest absolute Gasteiger partial charge is 0.356 e. The first-order valence-corrected chi connectivity index (χ1v) is 9.08. The predicted molar refractivity (Wildman–Crippen MR) is 92.3 cm³/mol. The molecule has 0 unspecified atom stereocenters. The summed E-state index contributed by atoms with van der Waals surface area (Å²) < 4.78 is 13.5. The van der Waals surface area contributed by atoms with Crippen molar-refractivity contribution in [3.05, 3.63) is 47.8 Å².